The molecule has 26 heavy (non-hydrogen) atoms. The highest BCUT2D eigenvalue weighted by atomic mass is 79.9. The number of carbonyl (C=O) groups is 2. The van der Waals surface area contributed by atoms with Crippen molar-refractivity contribution in [2.45, 2.75) is 37.9 Å². The fraction of sp³-hybridized carbons (Fsp3) is 0.412. The second kappa shape index (κ2) is 6.48. The van der Waals surface area contributed by atoms with Crippen LogP contribution in [-0.2, 0) is 23.2 Å². The number of hydrogen-bond acceptors (Lipinski definition) is 5. The number of benzene rings is 1. The lowest BCUT2D eigenvalue weighted by Gasteiger charge is -2.25. The molecule has 2 fully saturated rings. The van der Waals surface area contributed by atoms with Gasteiger partial charge in [-0.25, -0.2) is 9.69 Å². The van der Waals surface area contributed by atoms with Gasteiger partial charge in [0, 0.05) is 10.5 Å². The van der Waals surface area contributed by atoms with Crippen LogP contribution in [0.2, 0.25) is 0 Å². The summed E-state index contributed by atoms with van der Waals surface area (Å²) in [5, 5.41) is 2.49. The van der Waals surface area contributed by atoms with E-state index in [9.17, 15) is 14.4 Å². The predicted molar refractivity (Wildman–Crippen MR) is 94.1 cm³/mol. The number of nitrogens with one attached hydrogen (secondary N) is 1. The summed E-state index contributed by atoms with van der Waals surface area (Å²) in [6.07, 6.45) is 2.02. The number of H-pyrrole nitrogens is 1. The predicted octanol–water partition coefficient (Wildman–Crippen LogP) is 0.851. The highest BCUT2D eigenvalue weighted by molar-refractivity contribution is 9.10. The molecule has 1 unspecified atom stereocenters. The van der Waals surface area contributed by atoms with Gasteiger partial charge < -0.3 is 0 Å². The number of anilines is 1. The Morgan fingerprint density at radius 3 is 2.54 bits per heavy atom. The second-order valence-electron chi connectivity index (χ2n) is 6.65. The molecule has 1 saturated heterocycles. The van der Waals surface area contributed by atoms with E-state index in [-0.39, 0.29) is 30.8 Å². The van der Waals surface area contributed by atoms with Crippen LogP contribution in [0.25, 0.3) is 0 Å². The zero-order valence-corrected chi connectivity index (χ0v) is 15.7. The Morgan fingerprint density at radius 2 is 1.96 bits per heavy atom. The van der Waals surface area contributed by atoms with Crippen molar-refractivity contribution in [1.82, 2.24) is 10.2 Å². The Bertz CT molecular complexity index is 916. The highest BCUT2D eigenvalue weighted by Gasteiger charge is 2.48. The number of nitrogens with zero attached hydrogens (tertiary/aromatic N) is 3. The molecule has 136 valence electrons. The maximum Gasteiger partial charge on any atom is 0.431 e. The van der Waals surface area contributed by atoms with E-state index >= 15 is 0 Å². The van der Waals surface area contributed by atoms with Gasteiger partial charge in [0.2, 0.25) is 5.91 Å². The van der Waals surface area contributed by atoms with Crippen molar-refractivity contribution in [3.05, 3.63) is 44.9 Å². The van der Waals surface area contributed by atoms with Gasteiger partial charge in [-0.2, -0.15) is 0 Å². The average Bonchev–Trinajstić information content (AvgIpc) is 3.35. The molecule has 1 N–H and O–H groups in total. The lowest BCUT2D eigenvalue weighted by Crippen LogP contribution is -2.47. The van der Waals surface area contributed by atoms with Gasteiger partial charge in [-0.1, -0.05) is 20.6 Å². The Balaban J connectivity index is 1.61. The molecule has 4 rings (SSSR count). The minimum atomic E-state index is -0.562. The fourth-order valence-corrected chi connectivity index (χ4v) is 3.61. The summed E-state index contributed by atoms with van der Waals surface area (Å²) in [5.41, 5.74) is 0.534. The van der Waals surface area contributed by atoms with E-state index in [4.69, 9.17) is 4.52 Å². The van der Waals surface area contributed by atoms with E-state index in [1.807, 2.05) is 4.90 Å². The van der Waals surface area contributed by atoms with Crippen molar-refractivity contribution in [3.8, 4) is 0 Å². The van der Waals surface area contributed by atoms with E-state index in [0.717, 1.165) is 17.3 Å². The number of aromatic amines is 1. The molecule has 0 radical (unpaired) electrons. The first-order chi connectivity index (χ1) is 12.5. The SMILES string of the molecule is C[n+]1[nH]oc(=O)c1CN(C1CC1)C1CC(=O)N(c2ccc(Br)cc2)C1=O. The molecule has 1 saturated carbocycles. The number of halogens is 1. The van der Waals surface area contributed by atoms with Gasteiger partial charge in [-0.3, -0.25) is 19.0 Å². The molecule has 0 bridgehead atoms. The van der Waals surface area contributed by atoms with E-state index in [1.54, 1.807) is 31.3 Å². The number of amides is 2. The third kappa shape index (κ3) is 3.01. The second-order valence-corrected chi connectivity index (χ2v) is 7.57. The van der Waals surface area contributed by atoms with Crippen molar-refractivity contribution in [2.75, 3.05) is 4.90 Å². The maximum absolute atomic E-state index is 13.0. The maximum atomic E-state index is 13.0. The van der Waals surface area contributed by atoms with Crippen LogP contribution in [0.5, 0.6) is 0 Å². The lowest BCUT2D eigenvalue weighted by atomic mass is 10.2. The molecule has 2 aromatic rings. The summed E-state index contributed by atoms with van der Waals surface area (Å²) in [5.74, 6) is -0.467. The van der Waals surface area contributed by atoms with Crippen LogP contribution in [0.1, 0.15) is 25.0 Å². The minimum absolute atomic E-state index is 0.116. The molecular weight excluding hydrogens is 404 g/mol. The molecule has 1 aliphatic carbocycles. The number of aromatic nitrogens is 2. The number of aryl methyl sites for hydroxylation is 1. The average molecular weight is 422 g/mol. The Morgan fingerprint density at radius 1 is 1.27 bits per heavy atom. The van der Waals surface area contributed by atoms with E-state index < -0.39 is 11.7 Å². The normalized spacial score (nSPS) is 20.4. The standard InChI is InChI=1S/C17H17BrN4O4/c1-20-14(17(25)26-19-20)9-21(11-6-7-11)13-8-15(23)22(16(13)24)12-4-2-10(18)3-5-12/h2-5,11,13H,6-9H2,1H3/p+1. The largest absolute Gasteiger partial charge is 0.431 e. The molecule has 0 spiro atoms. The van der Waals surface area contributed by atoms with Crippen LogP contribution in [0.3, 0.4) is 0 Å². The zero-order chi connectivity index (χ0) is 18.4. The highest BCUT2D eigenvalue weighted by Crippen LogP contribution is 2.34. The number of imide groups is 1. The lowest BCUT2D eigenvalue weighted by molar-refractivity contribution is -0.747. The molecule has 1 atom stereocenters. The van der Waals surface area contributed by atoms with E-state index in [0.29, 0.717) is 11.4 Å². The van der Waals surface area contributed by atoms with Crippen LogP contribution in [0, 0.1) is 0 Å². The first-order valence-electron chi connectivity index (χ1n) is 8.40. The van der Waals surface area contributed by atoms with Gasteiger partial charge >= 0.3 is 11.3 Å². The molecule has 9 heteroatoms. The first-order valence-corrected chi connectivity index (χ1v) is 9.19. The quantitative estimate of drug-likeness (QED) is 0.570. The summed E-state index contributed by atoms with van der Waals surface area (Å²) >= 11 is 3.35. The molecule has 2 heterocycles. The molecule has 8 nitrogen and oxygen atoms in total. The van der Waals surface area contributed by atoms with Crippen LogP contribution in [0.4, 0.5) is 5.69 Å². The van der Waals surface area contributed by atoms with Crippen LogP contribution < -0.4 is 15.2 Å². The van der Waals surface area contributed by atoms with Crippen molar-refractivity contribution >= 4 is 33.4 Å². The third-order valence-electron chi connectivity index (χ3n) is 4.87. The van der Waals surface area contributed by atoms with Gasteiger partial charge in [-0.15, -0.1) is 0 Å². The summed E-state index contributed by atoms with van der Waals surface area (Å²) in [6.45, 7) is 0.269. The van der Waals surface area contributed by atoms with Crippen molar-refractivity contribution in [2.24, 2.45) is 7.05 Å². The first kappa shape index (κ1) is 17.2. The van der Waals surface area contributed by atoms with Crippen LogP contribution >= 0.6 is 15.9 Å². The Kier molecular flexibility index (Phi) is 4.28. The van der Waals surface area contributed by atoms with Gasteiger partial charge in [0.15, 0.2) is 7.05 Å². The third-order valence-corrected chi connectivity index (χ3v) is 5.40. The molecule has 1 aromatic carbocycles. The van der Waals surface area contributed by atoms with E-state index in [2.05, 4.69) is 21.2 Å². The summed E-state index contributed by atoms with van der Waals surface area (Å²) in [6, 6.07) is 6.72. The van der Waals surface area contributed by atoms with Crippen LogP contribution in [-0.4, -0.2) is 34.1 Å². The smallest absolute Gasteiger partial charge is 0.283 e. The summed E-state index contributed by atoms with van der Waals surface area (Å²) in [7, 11) is 1.68. The van der Waals surface area contributed by atoms with E-state index in [1.165, 1.54) is 9.58 Å². The van der Waals surface area contributed by atoms with Gasteiger partial charge in [0.05, 0.1) is 24.7 Å². The topological polar surface area (TPSA) is 90.5 Å². The van der Waals surface area contributed by atoms with Gasteiger partial charge in [0.25, 0.3) is 5.91 Å². The molecular formula is C17H18BrN4O4+. The monoisotopic (exact) mass is 421 g/mol. The number of carbonyl (C=O) groups excluding carboxylic acids is 2. The summed E-state index contributed by atoms with van der Waals surface area (Å²) < 4.78 is 7.18. The Hall–Kier alpha value is -2.26. The molecule has 2 aliphatic rings. The minimum Gasteiger partial charge on any atom is -0.283 e. The number of rotatable bonds is 5. The zero-order valence-electron chi connectivity index (χ0n) is 14.1. The molecule has 1 aliphatic heterocycles. The van der Waals surface area contributed by atoms with Crippen molar-refractivity contribution in [1.29, 1.82) is 0 Å². The number of hydrogen-bond donors (Lipinski definition) is 1. The van der Waals surface area contributed by atoms with Crippen molar-refractivity contribution in [3.63, 3.8) is 0 Å². The van der Waals surface area contributed by atoms with Crippen LogP contribution in [0.15, 0.2) is 38.1 Å². The van der Waals surface area contributed by atoms with Gasteiger partial charge in [-0.05, 0) is 42.4 Å². The molecule has 1 aromatic heterocycles. The van der Waals surface area contributed by atoms with Gasteiger partial charge in [0.1, 0.15) is 0 Å². The van der Waals surface area contributed by atoms with Crippen molar-refractivity contribution < 1.29 is 18.8 Å². The Labute approximate surface area is 157 Å². The summed E-state index contributed by atoms with van der Waals surface area (Å²) in [4.78, 5) is 40.6. The fourth-order valence-electron chi connectivity index (χ4n) is 3.34. The molecule has 2 amide bonds.